The number of anilines is 1. The number of hydrogen-bond acceptors (Lipinski definition) is 3. The van der Waals surface area contributed by atoms with Crippen LogP contribution in [0.3, 0.4) is 0 Å². The number of ether oxygens (including phenoxy) is 1. The van der Waals surface area contributed by atoms with Crippen molar-refractivity contribution in [1.82, 2.24) is 9.55 Å². The lowest BCUT2D eigenvalue weighted by Crippen LogP contribution is -2.18. The highest BCUT2D eigenvalue weighted by molar-refractivity contribution is 9.10. The molecule has 1 aliphatic rings. The summed E-state index contributed by atoms with van der Waals surface area (Å²) < 4.78 is 21.5. The Balaban J connectivity index is 2.22. The summed E-state index contributed by atoms with van der Waals surface area (Å²) in [5.74, 6) is 0.0973. The van der Waals surface area contributed by atoms with Gasteiger partial charge in [-0.05, 0) is 35.3 Å². The van der Waals surface area contributed by atoms with Crippen LogP contribution < -0.4 is 5.73 Å². The van der Waals surface area contributed by atoms with Gasteiger partial charge < -0.3 is 15.0 Å². The molecule has 0 saturated carbocycles. The molecule has 1 aromatic heterocycles. The molecule has 1 saturated heterocycles. The maximum Gasteiger partial charge on any atom is 0.201 e. The fraction of sp³-hybridized carbons (Fsp3) is 0.417. The summed E-state index contributed by atoms with van der Waals surface area (Å²) in [6, 6.07) is 3.24. The molecule has 2 atom stereocenters. The average molecular weight is 314 g/mol. The average Bonchev–Trinajstić information content (AvgIpc) is 2.83. The summed E-state index contributed by atoms with van der Waals surface area (Å²) in [7, 11) is 0. The van der Waals surface area contributed by atoms with Gasteiger partial charge in [-0.3, -0.25) is 0 Å². The molecule has 0 bridgehead atoms. The molecular weight excluding hydrogens is 301 g/mol. The molecule has 1 aromatic carbocycles. The topological polar surface area (TPSA) is 53.1 Å². The standard InChI is InChI=1S/C12H13BrFN3O/c1-6-10(2-3-18-6)17-11-5-8(14)7(13)4-9(11)16-12(17)15/h4-6,10H,2-3H2,1H3,(H2,15,16). The molecule has 0 aliphatic carbocycles. The van der Waals surface area contributed by atoms with Gasteiger partial charge in [-0.1, -0.05) is 0 Å². The Bertz CT molecular complexity index is 613. The van der Waals surface area contributed by atoms with Gasteiger partial charge in [-0.25, -0.2) is 9.37 Å². The number of fused-ring (bicyclic) bond motifs is 1. The first-order valence-electron chi connectivity index (χ1n) is 5.82. The van der Waals surface area contributed by atoms with Crippen LogP contribution in [0.25, 0.3) is 11.0 Å². The van der Waals surface area contributed by atoms with Crippen LogP contribution in [-0.4, -0.2) is 22.3 Å². The van der Waals surface area contributed by atoms with Gasteiger partial charge in [-0.2, -0.15) is 0 Å². The first-order chi connectivity index (χ1) is 8.58. The van der Waals surface area contributed by atoms with Crippen molar-refractivity contribution >= 4 is 32.9 Å². The van der Waals surface area contributed by atoms with Crippen molar-refractivity contribution in [2.24, 2.45) is 0 Å². The van der Waals surface area contributed by atoms with Crippen molar-refractivity contribution in [3.63, 3.8) is 0 Å². The quantitative estimate of drug-likeness (QED) is 0.880. The summed E-state index contributed by atoms with van der Waals surface area (Å²) in [6.45, 7) is 2.70. The Morgan fingerprint density at radius 3 is 3.00 bits per heavy atom. The van der Waals surface area contributed by atoms with E-state index in [0.29, 0.717) is 22.5 Å². The molecule has 0 radical (unpaired) electrons. The van der Waals surface area contributed by atoms with E-state index in [1.54, 1.807) is 6.07 Å². The van der Waals surface area contributed by atoms with Crippen LogP contribution >= 0.6 is 15.9 Å². The molecule has 1 fully saturated rings. The van der Waals surface area contributed by atoms with Gasteiger partial charge in [0.25, 0.3) is 0 Å². The van der Waals surface area contributed by atoms with Crippen LogP contribution in [0.2, 0.25) is 0 Å². The lowest BCUT2D eigenvalue weighted by Gasteiger charge is -2.18. The summed E-state index contributed by atoms with van der Waals surface area (Å²) in [4.78, 5) is 4.28. The molecule has 2 N–H and O–H groups in total. The summed E-state index contributed by atoms with van der Waals surface area (Å²) in [5.41, 5.74) is 7.37. The highest BCUT2D eigenvalue weighted by Gasteiger charge is 2.29. The molecule has 2 heterocycles. The van der Waals surface area contributed by atoms with Gasteiger partial charge in [0, 0.05) is 12.7 Å². The van der Waals surface area contributed by atoms with E-state index in [1.165, 1.54) is 6.07 Å². The molecule has 2 aromatic rings. The second-order valence-corrected chi connectivity index (χ2v) is 5.38. The Kier molecular flexibility index (Phi) is 2.79. The second kappa shape index (κ2) is 4.20. The van der Waals surface area contributed by atoms with E-state index >= 15 is 0 Å². The zero-order valence-electron chi connectivity index (χ0n) is 9.86. The summed E-state index contributed by atoms with van der Waals surface area (Å²) >= 11 is 3.16. The summed E-state index contributed by atoms with van der Waals surface area (Å²) in [5, 5.41) is 0. The molecule has 0 amide bonds. The highest BCUT2D eigenvalue weighted by atomic mass is 79.9. The lowest BCUT2D eigenvalue weighted by molar-refractivity contribution is 0.109. The van der Waals surface area contributed by atoms with Crippen LogP contribution in [0.4, 0.5) is 10.3 Å². The predicted octanol–water partition coefficient (Wildman–Crippen LogP) is 2.87. The second-order valence-electron chi connectivity index (χ2n) is 4.53. The minimum absolute atomic E-state index is 0.0661. The van der Waals surface area contributed by atoms with Gasteiger partial charge in [0.2, 0.25) is 5.95 Å². The predicted molar refractivity (Wildman–Crippen MR) is 70.9 cm³/mol. The number of imidazole rings is 1. The fourth-order valence-corrected chi connectivity index (χ4v) is 2.85. The summed E-state index contributed by atoms with van der Waals surface area (Å²) in [6.07, 6.45) is 0.936. The minimum Gasteiger partial charge on any atom is -0.376 e. The Hall–Kier alpha value is -1.14. The molecule has 1 aliphatic heterocycles. The van der Waals surface area contributed by atoms with E-state index in [-0.39, 0.29) is 18.0 Å². The number of nitrogens with two attached hydrogens (primary N) is 1. The van der Waals surface area contributed by atoms with Crippen LogP contribution in [0.15, 0.2) is 16.6 Å². The van der Waals surface area contributed by atoms with Crippen LogP contribution in [0.1, 0.15) is 19.4 Å². The number of hydrogen-bond donors (Lipinski definition) is 1. The molecule has 96 valence electrons. The Labute approximate surface area is 112 Å². The Morgan fingerprint density at radius 2 is 2.33 bits per heavy atom. The number of benzene rings is 1. The third kappa shape index (κ3) is 1.71. The van der Waals surface area contributed by atoms with Crippen molar-refractivity contribution in [1.29, 1.82) is 0 Å². The first-order valence-corrected chi connectivity index (χ1v) is 6.61. The molecule has 6 heteroatoms. The molecule has 4 nitrogen and oxygen atoms in total. The molecule has 3 rings (SSSR count). The lowest BCUT2D eigenvalue weighted by atomic mass is 10.1. The number of halogens is 2. The van der Waals surface area contributed by atoms with E-state index in [1.807, 2.05) is 11.5 Å². The Morgan fingerprint density at radius 1 is 1.56 bits per heavy atom. The van der Waals surface area contributed by atoms with Crippen LogP contribution in [0.5, 0.6) is 0 Å². The first kappa shape index (κ1) is 11.9. The van der Waals surface area contributed by atoms with Crippen LogP contribution in [0, 0.1) is 5.82 Å². The van der Waals surface area contributed by atoms with E-state index in [0.717, 1.165) is 11.9 Å². The van der Waals surface area contributed by atoms with Gasteiger partial charge in [0.1, 0.15) is 5.82 Å². The zero-order chi connectivity index (χ0) is 12.9. The monoisotopic (exact) mass is 313 g/mol. The largest absolute Gasteiger partial charge is 0.376 e. The zero-order valence-corrected chi connectivity index (χ0v) is 11.4. The van der Waals surface area contributed by atoms with Crippen molar-refractivity contribution < 1.29 is 9.13 Å². The molecular formula is C12H13BrFN3O. The van der Waals surface area contributed by atoms with Gasteiger partial charge in [0.05, 0.1) is 27.7 Å². The molecule has 0 spiro atoms. The SMILES string of the molecule is CC1OCCC1n1c(N)nc2cc(Br)c(F)cc21. The number of nitrogens with zero attached hydrogens (tertiary/aromatic N) is 2. The van der Waals surface area contributed by atoms with Gasteiger partial charge in [-0.15, -0.1) is 0 Å². The van der Waals surface area contributed by atoms with Gasteiger partial charge in [0.15, 0.2) is 0 Å². The van der Waals surface area contributed by atoms with Crippen molar-refractivity contribution in [3.05, 3.63) is 22.4 Å². The third-order valence-corrected chi connectivity index (χ3v) is 4.03. The normalized spacial score (nSPS) is 23.9. The molecule has 18 heavy (non-hydrogen) atoms. The van der Waals surface area contributed by atoms with E-state index in [9.17, 15) is 4.39 Å². The number of nitrogen functional groups attached to an aromatic ring is 1. The number of aromatic nitrogens is 2. The van der Waals surface area contributed by atoms with E-state index < -0.39 is 0 Å². The number of rotatable bonds is 1. The third-order valence-electron chi connectivity index (χ3n) is 3.43. The molecule has 2 unspecified atom stereocenters. The van der Waals surface area contributed by atoms with Crippen molar-refractivity contribution in [3.8, 4) is 0 Å². The highest BCUT2D eigenvalue weighted by Crippen LogP contribution is 2.33. The van der Waals surface area contributed by atoms with Gasteiger partial charge >= 0.3 is 0 Å². The van der Waals surface area contributed by atoms with E-state index in [4.69, 9.17) is 10.5 Å². The maximum atomic E-state index is 13.7. The van der Waals surface area contributed by atoms with E-state index in [2.05, 4.69) is 20.9 Å². The fourth-order valence-electron chi connectivity index (χ4n) is 2.52. The smallest absolute Gasteiger partial charge is 0.201 e. The maximum absolute atomic E-state index is 13.7. The van der Waals surface area contributed by atoms with Crippen LogP contribution in [-0.2, 0) is 4.74 Å². The van der Waals surface area contributed by atoms with Crippen molar-refractivity contribution in [2.75, 3.05) is 12.3 Å². The van der Waals surface area contributed by atoms with Crippen molar-refractivity contribution in [2.45, 2.75) is 25.5 Å². The minimum atomic E-state index is -0.310.